The van der Waals surface area contributed by atoms with Crippen LogP contribution in [0.2, 0.25) is 10.0 Å². The zero-order valence-corrected chi connectivity index (χ0v) is 21.0. The van der Waals surface area contributed by atoms with E-state index in [4.69, 9.17) is 27.9 Å². The first-order chi connectivity index (χ1) is 17.2. The highest BCUT2D eigenvalue weighted by Crippen LogP contribution is 2.34. The van der Waals surface area contributed by atoms with E-state index in [1.54, 1.807) is 40.0 Å². The highest BCUT2D eigenvalue weighted by molar-refractivity contribution is 6.42. The minimum absolute atomic E-state index is 0.158. The SMILES string of the molecule is O=C(COc1cccc(Cl)c1Cl)Nc1cc2n(c1)NCN(CC1(O)CCN(C(=O)C3CC3)CC1)C2=O. The van der Waals surface area contributed by atoms with E-state index in [9.17, 15) is 19.5 Å². The van der Waals surface area contributed by atoms with Gasteiger partial charge < -0.3 is 30.4 Å². The number of carbonyl (C=O) groups is 3. The topological polar surface area (TPSA) is 116 Å². The van der Waals surface area contributed by atoms with Gasteiger partial charge in [-0.25, -0.2) is 0 Å². The van der Waals surface area contributed by atoms with Crippen LogP contribution in [0, 0.1) is 5.92 Å². The number of hydrogen-bond acceptors (Lipinski definition) is 6. The molecule has 2 aliphatic heterocycles. The number of aromatic nitrogens is 1. The second-order valence-corrected chi connectivity index (χ2v) is 10.3. The van der Waals surface area contributed by atoms with E-state index in [0.29, 0.717) is 48.1 Å². The van der Waals surface area contributed by atoms with Crippen LogP contribution >= 0.6 is 23.2 Å². The van der Waals surface area contributed by atoms with Crippen molar-refractivity contribution in [3.05, 3.63) is 46.2 Å². The second-order valence-electron chi connectivity index (χ2n) is 9.52. The summed E-state index contributed by atoms with van der Waals surface area (Å²) in [6, 6.07) is 6.46. The lowest BCUT2D eigenvalue weighted by molar-refractivity contribution is -0.137. The summed E-state index contributed by atoms with van der Waals surface area (Å²) in [7, 11) is 0. The summed E-state index contributed by atoms with van der Waals surface area (Å²) in [6.07, 6.45) is 4.37. The van der Waals surface area contributed by atoms with Gasteiger partial charge in [-0.15, -0.1) is 0 Å². The molecule has 12 heteroatoms. The Morgan fingerprint density at radius 3 is 2.69 bits per heavy atom. The average Bonchev–Trinajstić information content (AvgIpc) is 3.62. The Hall–Kier alpha value is -2.95. The number of halogens is 2. The lowest BCUT2D eigenvalue weighted by Crippen LogP contribution is -2.56. The number of hydrogen-bond donors (Lipinski definition) is 3. The first-order valence-electron chi connectivity index (χ1n) is 11.9. The van der Waals surface area contributed by atoms with Gasteiger partial charge in [0.1, 0.15) is 23.1 Å². The third-order valence-electron chi connectivity index (χ3n) is 6.73. The number of ether oxygens (including phenoxy) is 1. The quantitative estimate of drug-likeness (QED) is 0.501. The number of likely N-dealkylation sites (tertiary alicyclic amines) is 1. The molecule has 2 fully saturated rings. The maximum absolute atomic E-state index is 13.1. The molecule has 10 nitrogen and oxygen atoms in total. The minimum Gasteiger partial charge on any atom is -0.482 e. The van der Waals surface area contributed by atoms with Crippen LogP contribution in [0.5, 0.6) is 5.75 Å². The monoisotopic (exact) mass is 535 g/mol. The second kappa shape index (κ2) is 9.84. The largest absolute Gasteiger partial charge is 0.482 e. The molecule has 3 heterocycles. The van der Waals surface area contributed by atoms with Gasteiger partial charge in [0, 0.05) is 19.0 Å². The lowest BCUT2D eigenvalue weighted by atomic mass is 9.90. The number of piperidine rings is 1. The molecule has 0 bridgehead atoms. The number of nitrogens with zero attached hydrogens (tertiary/aromatic N) is 3. The summed E-state index contributed by atoms with van der Waals surface area (Å²) in [5, 5.41) is 14.4. The molecule has 1 aromatic carbocycles. The predicted octanol–water partition coefficient (Wildman–Crippen LogP) is 2.53. The number of amides is 3. The fourth-order valence-electron chi connectivity index (χ4n) is 4.53. The van der Waals surface area contributed by atoms with Crippen molar-refractivity contribution in [1.82, 2.24) is 14.5 Å². The average molecular weight is 536 g/mol. The lowest BCUT2D eigenvalue weighted by Gasteiger charge is -2.42. The molecule has 3 aliphatic rings. The molecule has 3 amide bonds. The van der Waals surface area contributed by atoms with Crippen molar-refractivity contribution in [2.45, 2.75) is 31.3 Å². The zero-order valence-electron chi connectivity index (χ0n) is 19.5. The molecule has 2 aromatic rings. The number of nitrogens with one attached hydrogen (secondary N) is 2. The van der Waals surface area contributed by atoms with Crippen LogP contribution in [0.1, 0.15) is 36.2 Å². The smallest absolute Gasteiger partial charge is 0.274 e. The molecule has 1 saturated heterocycles. The molecular formula is C24H27Cl2N5O5. The molecule has 1 aliphatic carbocycles. The van der Waals surface area contributed by atoms with Crippen molar-refractivity contribution in [3.63, 3.8) is 0 Å². The van der Waals surface area contributed by atoms with Gasteiger partial charge in [0.2, 0.25) is 5.91 Å². The number of β-amino-alcohol motifs (C(OH)–C–C–N with tert-alkyl or cyclic N) is 1. The molecule has 1 aromatic heterocycles. The molecule has 5 rings (SSSR count). The molecule has 0 atom stereocenters. The summed E-state index contributed by atoms with van der Waals surface area (Å²) >= 11 is 12.0. The number of fused-ring (bicyclic) bond motifs is 1. The van der Waals surface area contributed by atoms with Crippen LogP contribution in [0.25, 0.3) is 0 Å². The third kappa shape index (κ3) is 5.25. The number of carbonyl (C=O) groups excluding carboxylic acids is 3. The Morgan fingerprint density at radius 1 is 1.22 bits per heavy atom. The van der Waals surface area contributed by atoms with Crippen LogP contribution in [0.15, 0.2) is 30.5 Å². The van der Waals surface area contributed by atoms with Crippen LogP contribution in [0.3, 0.4) is 0 Å². The van der Waals surface area contributed by atoms with Crippen LogP contribution in [-0.2, 0) is 9.59 Å². The Bertz CT molecular complexity index is 1190. The van der Waals surface area contributed by atoms with Gasteiger partial charge in [-0.2, -0.15) is 0 Å². The molecule has 1 saturated carbocycles. The van der Waals surface area contributed by atoms with Crippen molar-refractivity contribution < 1.29 is 24.2 Å². The van der Waals surface area contributed by atoms with Crippen molar-refractivity contribution in [2.75, 3.05) is 43.7 Å². The molecule has 0 spiro atoms. The highest BCUT2D eigenvalue weighted by Gasteiger charge is 2.41. The van der Waals surface area contributed by atoms with Gasteiger partial charge in [-0.1, -0.05) is 29.3 Å². The number of benzene rings is 1. The standard InChI is InChI=1S/C24H27Cl2N5O5/c25-17-2-1-3-19(21(17)26)36-12-20(32)28-16-10-18-23(34)30(14-27-31(18)11-16)13-24(35)6-8-29(9-7-24)22(33)15-4-5-15/h1-3,10-11,15,27,35H,4-9,12-14H2,(H,28,32). The van der Waals surface area contributed by atoms with E-state index in [-0.39, 0.29) is 42.6 Å². The first-order valence-corrected chi connectivity index (χ1v) is 12.6. The van der Waals surface area contributed by atoms with Crippen molar-refractivity contribution >= 4 is 46.6 Å². The maximum Gasteiger partial charge on any atom is 0.274 e. The predicted molar refractivity (Wildman–Crippen MR) is 134 cm³/mol. The minimum atomic E-state index is -1.05. The van der Waals surface area contributed by atoms with Gasteiger partial charge in [0.25, 0.3) is 11.8 Å². The normalized spacial score (nSPS) is 18.9. The van der Waals surface area contributed by atoms with E-state index in [2.05, 4.69) is 10.7 Å². The maximum atomic E-state index is 13.1. The van der Waals surface area contributed by atoms with E-state index in [0.717, 1.165) is 12.8 Å². The number of anilines is 1. The molecule has 192 valence electrons. The number of rotatable bonds is 7. The van der Waals surface area contributed by atoms with Crippen LogP contribution in [0.4, 0.5) is 5.69 Å². The number of aliphatic hydroxyl groups is 1. The summed E-state index contributed by atoms with van der Waals surface area (Å²) in [5.41, 5.74) is 2.80. The van der Waals surface area contributed by atoms with E-state index < -0.39 is 11.5 Å². The molecular weight excluding hydrogens is 509 g/mol. The van der Waals surface area contributed by atoms with Crippen LogP contribution in [-0.4, -0.2) is 75.8 Å². The third-order valence-corrected chi connectivity index (χ3v) is 7.54. The Morgan fingerprint density at radius 2 is 1.97 bits per heavy atom. The first kappa shape index (κ1) is 24.7. The van der Waals surface area contributed by atoms with Crippen molar-refractivity contribution in [3.8, 4) is 5.75 Å². The summed E-state index contributed by atoms with van der Waals surface area (Å²) in [6.45, 7) is 1.07. The van der Waals surface area contributed by atoms with Gasteiger partial charge in [-0.3, -0.25) is 19.1 Å². The van der Waals surface area contributed by atoms with Gasteiger partial charge in [-0.05, 0) is 43.9 Å². The summed E-state index contributed by atoms with van der Waals surface area (Å²) in [4.78, 5) is 41.1. The van der Waals surface area contributed by atoms with Crippen LogP contribution < -0.4 is 15.5 Å². The Balaban J connectivity index is 1.15. The van der Waals surface area contributed by atoms with Gasteiger partial charge >= 0.3 is 0 Å². The summed E-state index contributed by atoms with van der Waals surface area (Å²) in [5.74, 6) is -0.0566. The van der Waals surface area contributed by atoms with Crippen molar-refractivity contribution in [2.24, 2.45) is 5.92 Å². The summed E-state index contributed by atoms with van der Waals surface area (Å²) < 4.78 is 6.99. The van der Waals surface area contributed by atoms with E-state index in [1.165, 1.54) is 0 Å². The molecule has 0 unspecified atom stereocenters. The van der Waals surface area contributed by atoms with Crippen molar-refractivity contribution in [1.29, 1.82) is 0 Å². The molecule has 36 heavy (non-hydrogen) atoms. The Labute approximate surface area is 218 Å². The van der Waals surface area contributed by atoms with Gasteiger partial charge in [0.05, 0.1) is 29.1 Å². The fourth-order valence-corrected chi connectivity index (χ4v) is 4.88. The molecule has 3 N–H and O–H groups in total. The zero-order chi connectivity index (χ0) is 25.4. The molecule has 0 radical (unpaired) electrons. The highest BCUT2D eigenvalue weighted by atomic mass is 35.5. The fraction of sp³-hybridized carbons (Fsp3) is 0.458. The van der Waals surface area contributed by atoms with Gasteiger partial charge in [0.15, 0.2) is 6.61 Å². The van der Waals surface area contributed by atoms with E-state index in [1.807, 2.05) is 4.90 Å². The Kier molecular flexibility index (Phi) is 6.76. The van der Waals surface area contributed by atoms with E-state index >= 15 is 0 Å².